The van der Waals surface area contributed by atoms with Crippen LogP contribution in [0.3, 0.4) is 0 Å². The van der Waals surface area contributed by atoms with Gasteiger partial charge in [0.25, 0.3) is 5.91 Å². The normalized spacial score (nSPS) is 11.0. The number of carbonyl (C=O) groups excluding carboxylic acids is 2. The molecule has 0 fully saturated rings. The van der Waals surface area contributed by atoms with Gasteiger partial charge in [0.1, 0.15) is 12.4 Å². The summed E-state index contributed by atoms with van der Waals surface area (Å²) in [4.78, 5) is 31.2. The average molecular weight is 582 g/mol. The molecule has 0 aliphatic carbocycles. The van der Waals surface area contributed by atoms with E-state index in [0.29, 0.717) is 31.7 Å². The fourth-order valence-corrected chi connectivity index (χ4v) is 5.21. The topological polar surface area (TPSA) is 45.6 Å². The molecule has 0 aliphatic rings. The van der Waals surface area contributed by atoms with Crippen LogP contribution in [0.2, 0.25) is 0 Å². The first-order chi connectivity index (χ1) is 21.0. The number of aryl methyl sites for hydroxylation is 1. The predicted molar refractivity (Wildman–Crippen MR) is 171 cm³/mol. The minimum atomic E-state index is -0.263. The molecule has 1 aromatic heterocycles. The first kappa shape index (κ1) is 31.7. The van der Waals surface area contributed by atoms with E-state index in [4.69, 9.17) is 0 Å². The molecule has 5 nitrogen and oxygen atoms in total. The SMILES string of the molecule is CCCCCc1ccc(C(=O)N(CCCC)CC(=O)N(Cc2ccccc2)Cc2cccn2Cc2ccc(F)cc2)cc1. The lowest BCUT2D eigenvalue weighted by Gasteiger charge is -2.28. The van der Waals surface area contributed by atoms with E-state index in [1.165, 1.54) is 30.5 Å². The Hall–Kier alpha value is -4.19. The first-order valence-corrected chi connectivity index (χ1v) is 15.5. The van der Waals surface area contributed by atoms with Crippen molar-refractivity contribution in [1.29, 1.82) is 0 Å². The molecule has 4 aromatic rings. The van der Waals surface area contributed by atoms with Crippen LogP contribution in [-0.4, -0.2) is 39.3 Å². The van der Waals surface area contributed by atoms with Crippen LogP contribution in [0.4, 0.5) is 4.39 Å². The van der Waals surface area contributed by atoms with Gasteiger partial charge in [-0.3, -0.25) is 9.59 Å². The number of unbranched alkanes of at least 4 members (excludes halogenated alkanes) is 3. The van der Waals surface area contributed by atoms with E-state index < -0.39 is 0 Å². The van der Waals surface area contributed by atoms with Crippen molar-refractivity contribution in [2.24, 2.45) is 0 Å². The highest BCUT2D eigenvalue weighted by Crippen LogP contribution is 2.16. The Morgan fingerprint density at radius 3 is 2.09 bits per heavy atom. The standard InChI is InChI=1S/C37H44FN3O2/c1-3-5-8-12-30-16-20-33(21-17-30)37(43)40(24-6-4-2)29-36(42)41(27-31-13-9-7-10-14-31)28-35-15-11-25-39(35)26-32-18-22-34(38)23-19-32/h7,9-11,13-23,25H,3-6,8,12,24,26-29H2,1-2H3. The Kier molecular flexibility index (Phi) is 12.1. The number of amides is 2. The average Bonchev–Trinajstić information content (AvgIpc) is 3.46. The molecule has 1 heterocycles. The zero-order valence-electron chi connectivity index (χ0n) is 25.6. The van der Waals surface area contributed by atoms with Crippen molar-refractivity contribution in [1.82, 2.24) is 14.4 Å². The van der Waals surface area contributed by atoms with Gasteiger partial charge in [-0.1, -0.05) is 87.7 Å². The number of benzene rings is 3. The van der Waals surface area contributed by atoms with Gasteiger partial charge in [-0.15, -0.1) is 0 Å². The van der Waals surface area contributed by atoms with Crippen LogP contribution in [-0.2, 0) is 30.8 Å². The first-order valence-electron chi connectivity index (χ1n) is 15.5. The van der Waals surface area contributed by atoms with Gasteiger partial charge in [-0.2, -0.15) is 0 Å². The molecule has 6 heteroatoms. The van der Waals surface area contributed by atoms with E-state index in [2.05, 4.69) is 18.4 Å². The Labute approximate surface area is 256 Å². The molecule has 226 valence electrons. The van der Waals surface area contributed by atoms with Crippen LogP contribution in [0, 0.1) is 5.82 Å². The molecule has 0 saturated heterocycles. The summed E-state index contributed by atoms with van der Waals surface area (Å²) >= 11 is 0. The van der Waals surface area contributed by atoms with Gasteiger partial charge in [-0.25, -0.2) is 4.39 Å². The summed E-state index contributed by atoms with van der Waals surface area (Å²) in [6.07, 6.45) is 8.27. The Morgan fingerprint density at radius 1 is 0.698 bits per heavy atom. The highest BCUT2D eigenvalue weighted by Gasteiger charge is 2.23. The molecule has 0 radical (unpaired) electrons. The van der Waals surface area contributed by atoms with Crippen LogP contribution in [0.5, 0.6) is 0 Å². The zero-order chi connectivity index (χ0) is 30.4. The minimum Gasteiger partial charge on any atom is -0.345 e. The van der Waals surface area contributed by atoms with E-state index in [-0.39, 0.29) is 24.2 Å². The van der Waals surface area contributed by atoms with Gasteiger partial charge in [0, 0.05) is 37.1 Å². The second-order valence-corrected chi connectivity index (χ2v) is 11.2. The lowest BCUT2D eigenvalue weighted by atomic mass is 10.0. The van der Waals surface area contributed by atoms with E-state index in [9.17, 15) is 14.0 Å². The number of nitrogens with zero attached hydrogens (tertiary/aromatic N) is 3. The highest BCUT2D eigenvalue weighted by molar-refractivity contribution is 5.96. The second-order valence-electron chi connectivity index (χ2n) is 11.2. The van der Waals surface area contributed by atoms with E-state index >= 15 is 0 Å². The number of aromatic nitrogens is 1. The summed E-state index contributed by atoms with van der Waals surface area (Å²) in [5.41, 5.74) is 4.83. The van der Waals surface area contributed by atoms with Crippen LogP contribution in [0.15, 0.2) is 97.2 Å². The molecule has 0 spiro atoms. The summed E-state index contributed by atoms with van der Waals surface area (Å²) < 4.78 is 15.5. The second kappa shape index (κ2) is 16.4. The van der Waals surface area contributed by atoms with Crippen LogP contribution in [0.1, 0.15) is 78.7 Å². The van der Waals surface area contributed by atoms with Gasteiger partial charge < -0.3 is 14.4 Å². The number of rotatable bonds is 16. The third kappa shape index (κ3) is 9.67. The van der Waals surface area contributed by atoms with Crippen molar-refractivity contribution in [2.75, 3.05) is 13.1 Å². The van der Waals surface area contributed by atoms with E-state index in [1.54, 1.807) is 17.0 Å². The van der Waals surface area contributed by atoms with Crippen LogP contribution in [0.25, 0.3) is 0 Å². The smallest absolute Gasteiger partial charge is 0.254 e. The molecule has 0 saturated carbocycles. The Morgan fingerprint density at radius 2 is 1.40 bits per heavy atom. The summed E-state index contributed by atoms with van der Waals surface area (Å²) in [7, 11) is 0. The van der Waals surface area contributed by atoms with Crippen molar-refractivity contribution < 1.29 is 14.0 Å². The fourth-order valence-electron chi connectivity index (χ4n) is 5.21. The maximum absolute atomic E-state index is 14.0. The predicted octanol–water partition coefficient (Wildman–Crippen LogP) is 7.88. The number of halogens is 1. The van der Waals surface area contributed by atoms with E-state index in [0.717, 1.165) is 42.5 Å². The largest absolute Gasteiger partial charge is 0.345 e. The Bertz CT molecular complexity index is 1410. The molecule has 0 N–H and O–H groups in total. The van der Waals surface area contributed by atoms with Crippen molar-refractivity contribution in [3.63, 3.8) is 0 Å². The van der Waals surface area contributed by atoms with Crippen LogP contribution < -0.4 is 0 Å². The molecule has 0 unspecified atom stereocenters. The lowest BCUT2D eigenvalue weighted by Crippen LogP contribution is -2.43. The fraction of sp³-hybridized carbons (Fsp3) is 0.351. The highest BCUT2D eigenvalue weighted by atomic mass is 19.1. The third-order valence-corrected chi connectivity index (χ3v) is 7.78. The molecule has 3 aromatic carbocycles. The summed E-state index contributed by atoms with van der Waals surface area (Å²) in [6.45, 7) is 6.23. The maximum atomic E-state index is 14.0. The monoisotopic (exact) mass is 581 g/mol. The van der Waals surface area contributed by atoms with E-state index in [1.807, 2.05) is 77.8 Å². The minimum absolute atomic E-state index is 0.0165. The third-order valence-electron chi connectivity index (χ3n) is 7.78. The molecule has 0 aliphatic heterocycles. The van der Waals surface area contributed by atoms with Gasteiger partial charge in [0.05, 0.1) is 6.54 Å². The molecular weight excluding hydrogens is 537 g/mol. The van der Waals surface area contributed by atoms with Crippen molar-refractivity contribution >= 4 is 11.8 Å². The number of hydrogen-bond donors (Lipinski definition) is 0. The molecule has 43 heavy (non-hydrogen) atoms. The van der Waals surface area contributed by atoms with Crippen molar-refractivity contribution in [3.05, 3.63) is 131 Å². The zero-order valence-corrected chi connectivity index (χ0v) is 25.6. The molecule has 0 bridgehead atoms. The lowest BCUT2D eigenvalue weighted by molar-refractivity contribution is -0.133. The maximum Gasteiger partial charge on any atom is 0.254 e. The van der Waals surface area contributed by atoms with Crippen LogP contribution >= 0.6 is 0 Å². The van der Waals surface area contributed by atoms with Gasteiger partial charge >= 0.3 is 0 Å². The summed E-state index contributed by atoms with van der Waals surface area (Å²) in [6, 6.07) is 28.3. The quantitative estimate of drug-likeness (QED) is 0.126. The van der Waals surface area contributed by atoms with Crippen molar-refractivity contribution in [2.45, 2.75) is 72.0 Å². The van der Waals surface area contributed by atoms with Gasteiger partial charge in [0.15, 0.2) is 0 Å². The number of carbonyl (C=O) groups is 2. The molecular formula is C37H44FN3O2. The van der Waals surface area contributed by atoms with Gasteiger partial charge in [-0.05, 0) is 72.4 Å². The van der Waals surface area contributed by atoms with Gasteiger partial charge in [0.2, 0.25) is 5.91 Å². The molecule has 0 atom stereocenters. The van der Waals surface area contributed by atoms with Crippen molar-refractivity contribution in [3.8, 4) is 0 Å². The molecule has 2 amide bonds. The summed E-state index contributed by atoms with van der Waals surface area (Å²) in [5, 5.41) is 0. The number of hydrogen-bond acceptors (Lipinski definition) is 2. The molecule has 4 rings (SSSR count). The summed E-state index contributed by atoms with van der Waals surface area (Å²) in [5.74, 6) is -0.471. The Balaban J connectivity index is 1.52.